The molecule has 0 aliphatic heterocycles. The highest BCUT2D eigenvalue weighted by atomic mass is 19.2. The maximum atomic E-state index is 15.2. The molecule has 9 rings (SSSR count). The van der Waals surface area contributed by atoms with E-state index in [0.29, 0.717) is 94.1 Å². The number of hydrogen-bond acceptors (Lipinski definition) is 16. The molecule has 6 fully saturated rings. The second-order valence-corrected chi connectivity index (χ2v) is 27.4. The molecule has 6 aliphatic rings. The Hall–Kier alpha value is -6.43. The third-order valence-corrected chi connectivity index (χ3v) is 20.2. The molecule has 6 saturated carbocycles. The smallest absolute Gasteiger partial charge is 0.407 e. The van der Waals surface area contributed by atoms with Crippen LogP contribution in [0.5, 0.6) is 0 Å². The number of carbonyl (C=O) groups excluding carboxylic acids is 9. The number of ether oxygens (including phenoxy) is 2. The first-order valence-electron chi connectivity index (χ1n) is 33.0. The Balaban J connectivity index is 0.000000195. The van der Waals surface area contributed by atoms with Gasteiger partial charge in [0.25, 0.3) is 0 Å². The number of nitrogens with zero attached hydrogens (tertiary/aromatic N) is 6. The lowest BCUT2D eigenvalue weighted by molar-refractivity contribution is -0.148. The number of aliphatic hydroxyl groups is 2. The molecule has 0 saturated heterocycles. The van der Waals surface area contributed by atoms with Crippen molar-refractivity contribution in [2.45, 2.75) is 255 Å². The number of hydrogen-bond donors (Lipinski definition) is 4. The summed E-state index contributed by atoms with van der Waals surface area (Å²) in [6, 6.07) is 3.00. The minimum atomic E-state index is -1.52. The molecule has 2 unspecified atom stereocenters. The predicted molar refractivity (Wildman–Crippen MR) is 328 cm³/mol. The van der Waals surface area contributed by atoms with Crippen molar-refractivity contribution in [1.29, 1.82) is 0 Å². The van der Waals surface area contributed by atoms with Crippen molar-refractivity contribution in [1.82, 2.24) is 40.0 Å². The number of aryl methyl sites for hydroxylation is 3. The highest BCUT2D eigenvalue weighted by Gasteiger charge is 2.53. The van der Waals surface area contributed by atoms with E-state index in [1.165, 1.54) is 0 Å². The van der Waals surface area contributed by atoms with Crippen molar-refractivity contribution in [3.05, 3.63) is 53.9 Å². The molecule has 0 bridgehead atoms. The van der Waals surface area contributed by atoms with Crippen LogP contribution in [0.1, 0.15) is 211 Å². The van der Waals surface area contributed by atoms with Crippen molar-refractivity contribution in [2.24, 2.45) is 43.3 Å². The van der Waals surface area contributed by atoms with Crippen LogP contribution in [-0.2, 0) is 83.4 Å². The molecular formula is C67H97F3N8O13. The first-order valence-corrected chi connectivity index (χ1v) is 33.0. The lowest BCUT2D eigenvalue weighted by atomic mass is 9.60. The summed E-state index contributed by atoms with van der Waals surface area (Å²) in [7, 11) is 5.25. The van der Waals surface area contributed by atoms with E-state index < -0.39 is 87.1 Å². The molecule has 0 aromatic carbocycles. The summed E-state index contributed by atoms with van der Waals surface area (Å²) in [5.74, 6) is -3.02. The van der Waals surface area contributed by atoms with Gasteiger partial charge in [0.2, 0.25) is 11.6 Å². The Morgan fingerprint density at radius 2 is 0.824 bits per heavy atom. The third-order valence-electron chi connectivity index (χ3n) is 20.2. The van der Waals surface area contributed by atoms with E-state index in [0.717, 1.165) is 57.8 Å². The molecule has 2 amide bonds. The number of nitrogens with one attached hydrogen (secondary N) is 2. The molecule has 5 atom stereocenters. The van der Waals surface area contributed by atoms with E-state index in [1.54, 1.807) is 92.7 Å². The Morgan fingerprint density at radius 1 is 0.484 bits per heavy atom. The average molecular weight is 1280 g/mol. The monoisotopic (exact) mass is 1280 g/mol. The summed E-state index contributed by atoms with van der Waals surface area (Å²) in [5, 5.41) is 39.1. The molecule has 3 aromatic rings. The molecule has 3 aromatic heterocycles. The quantitative estimate of drug-likeness (QED) is 0.0437. The summed E-state index contributed by atoms with van der Waals surface area (Å²) >= 11 is 0. The van der Waals surface area contributed by atoms with Gasteiger partial charge in [-0.15, -0.1) is 0 Å². The van der Waals surface area contributed by atoms with Gasteiger partial charge in [-0.2, -0.15) is 15.3 Å². The van der Waals surface area contributed by atoms with Gasteiger partial charge in [0.15, 0.2) is 23.1 Å². The average Bonchev–Trinajstić information content (AvgIpc) is 1.76. The minimum absolute atomic E-state index is 0.0178. The molecule has 4 N–H and O–H groups in total. The topological polar surface area (TPSA) is 290 Å². The number of aliphatic hydroxyl groups excluding tert-OH is 2. The Bertz CT molecular complexity index is 3020. The van der Waals surface area contributed by atoms with E-state index >= 15 is 8.78 Å². The van der Waals surface area contributed by atoms with Crippen LogP contribution in [0.4, 0.5) is 22.8 Å². The lowest BCUT2D eigenvalue weighted by Gasteiger charge is -2.45. The second kappa shape index (κ2) is 31.5. The molecule has 3 heterocycles. The first kappa shape index (κ1) is 72.0. The van der Waals surface area contributed by atoms with Gasteiger partial charge >= 0.3 is 12.2 Å². The van der Waals surface area contributed by atoms with Crippen LogP contribution < -0.4 is 10.6 Å². The molecule has 91 heavy (non-hydrogen) atoms. The standard InChI is InChI=1S/C23H34FN3O5.C23H32FN3O5.C21H31FN2O3/c2*1-3-32-21(31)25-17(14-23(24)10-4-5-11-23)19(29)15-22(8-6-9-22)20(30)18(28)13-16-7-12-27(2)26-16;1-15(13-21(22)9-3-4-10-21)18(26)14-20(7-5-8-20)19(27)17(25)12-16-6-11-24(2)23-16/h7,12,17,20,30H,3-6,8-11,13-15H2,1-2H3,(H,25,31);7,12,17H,3-6,8-11,13-15H2,1-2H3,(H,25,31);6,11,15,19,27H,3-5,7-10,12-14H2,1-2H3/t17-,20?;17-;15-,19?/m111/s1. The highest BCUT2D eigenvalue weighted by Crippen LogP contribution is 2.51. The Morgan fingerprint density at radius 3 is 1.14 bits per heavy atom. The molecule has 21 nitrogen and oxygen atoms in total. The fourth-order valence-corrected chi connectivity index (χ4v) is 14.5. The number of ketones is 7. The summed E-state index contributed by atoms with van der Waals surface area (Å²) in [4.78, 5) is 114. The van der Waals surface area contributed by atoms with E-state index in [4.69, 9.17) is 9.47 Å². The minimum Gasteiger partial charge on any atom is -0.450 e. The van der Waals surface area contributed by atoms with Crippen molar-refractivity contribution in [3.8, 4) is 0 Å². The molecule has 504 valence electrons. The van der Waals surface area contributed by atoms with Gasteiger partial charge in [-0.25, -0.2) is 22.8 Å². The van der Waals surface area contributed by atoms with Gasteiger partial charge in [-0.05, 0) is 116 Å². The van der Waals surface area contributed by atoms with Crippen LogP contribution in [0, 0.1) is 22.2 Å². The van der Waals surface area contributed by atoms with Crippen LogP contribution in [0.25, 0.3) is 0 Å². The summed E-state index contributed by atoms with van der Waals surface area (Å²) in [5.41, 5.74) is -5.19. The molecular weight excluding hydrogens is 1180 g/mol. The number of amides is 2. The largest absolute Gasteiger partial charge is 0.450 e. The fourth-order valence-electron chi connectivity index (χ4n) is 14.5. The number of Topliss-reactive ketones (excluding diaryl/α,β-unsaturated/α-hetero) is 7. The van der Waals surface area contributed by atoms with Crippen molar-refractivity contribution < 1.29 is 76.0 Å². The summed E-state index contributed by atoms with van der Waals surface area (Å²) in [6.45, 7) is 5.34. The zero-order valence-electron chi connectivity index (χ0n) is 54.2. The highest BCUT2D eigenvalue weighted by molar-refractivity contribution is 6.40. The van der Waals surface area contributed by atoms with Crippen LogP contribution >= 0.6 is 0 Å². The van der Waals surface area contributed by atoms with Crippen LogP contribution in [0.3, 0.4) is 0 Å². The number of rotatable bonds is 31. The third kappa shape index (κ3) is 19.3. The van der Waals surface area contributed by atoms with Crippen molar-refractivity contribution in [3.63, 3.8) is 0 Å². The zero-order chi connectivity index (χ0) is 66.4. The predicted octanol–water partition coefficient (Wildman–Crippen LogP) is 9.16. The number of carbonyl (C=O) groups is 9. The Kier molecular flexibility index (Phi) is 24.9. The van der Waals surface area contributed by atoms with E-state index in [9.17, 15) is 57.8 Å². The van der Waals surface area contributed by atoms with Gasteiger partial charge in [-0.1, -0.05) is 64.7 Å². The molecule has 0 spiro atoms. The number of alkyl halides is 3. The SMILES string of the molecule is CCOC(=O)N[C@H](CC1(F)CCCC1)C(=O)CC1(C(=O)C(=O)Cc2ccn(C)n2)CCC1.CCOC(=O)N[C@H](CC1(F)CCCC1)C(=O)CC1(C(O)C(=O)Cc2ccn(C)n2)CCC1.C[C@H](CC1(F)CCCC1)C(=O)CC1(C(O)C(=O)Cc2ccn(C)n2)CCC1. The maximum absolute atomic E-state index is 15.2. The molecule has 24 heteroatoms. The second-order valence-electron chi connectivity index (χ2n) is 27.4. The molecule has 6 aliphatic carbocycles. The lowest BCUT2D eigenvalue weighted by Crippen LogP contribution is -2.52. The van der Waals surface area contributed by atoms with Gasteiger partial charge in [0.1, 0.15) is 35.0 Å². The molecule has 0 radical (unpaired) electrons. The summed E-state index contributed by atoms with van der Waals surface area (Å²) < 4.78 is 59.6. The van der Waals surface area contributed by atoms with E-state index in [2.05, 4.69) is 25.9 Å². The first-order chi connectivity index (χ1) is 43.1. The zero-order valence-corrected chi connectivity index (χ0v) is 54.2. The van der Waals surface area contributed by atoms with E-state index in [-0.39, 0.29) is 100 Å². The number of alkyl carbamates (subject to hydrolysis) is 2. The maximum Gasteiger partial charge on any atom is 0.407 e. The van der Waals surface area contributed by atoms with Gasteiger partial charge in [-0.3, -0.25) is 47.6 Å². The van der Waals surface area contributed by atoms with Crippen molar-refractivity contribution in [2.75, 3.05) is 13.2 Å². The van der Waals surface area contributed by atoms with Crippen molar-refractivity contribution >= 4 is 52.7 Å². The number of aromatic nitrogens is 6. The van der Waals surface area contributed by atoms with Crippen LogP contribution in [0.2, 0.25) is 0 Å². The number of halogens is 3. The fraction of sp³-hybridized carbons (Fsp3) is 0.731. The normalized spacial score (nSPS) is 21.0. The van der Waals surface area contributed by atoms with Gasteiger partial charge in [0.05, 0.1) is 61.6 Å². The van der Waals surface area contributed by atoms with Gasteiger partial charge < -0.3 is 30.3 Å². The van der Waals surface area contributed by atoms with Crippen LogP contribution in [-0.4, -0.2) is 147 Å². The summed E-state index contributed by atoms with van der Waals surface area (Å²) in [6.07, 6.45) is 13.9. The van der Waals surface area contributed by atoms with Gasteiger partial charge in [0, 0.05) is 94.0 Å². The van der Waals surface area contributed by atoms with Crippen LogP contribution in [0.15, 0.2) is 36.8 Å². The van der Waals surface area contributed by atoms with E-state index in [1.807, 2.05) is 0 Å². The Labute approximate surface area is 531 Å².